The lowest BCUT2D eigenvalue weighted by Gasteiger charge is -2.22. The summed E-state index contributed by atoms with van der Waals surface area (Å²) in [4.78, 5) is 12.4. The summed E-state index contributed by atoms with van der Waals surface area (Å²) in [6.45, 7) is 4.23. The lowest BCUT2D eigenvalue weighted by atomic mass is 10.0. The second-order valence-electron chi connectivity index (χ2n) is 17.9. The highest BCUT2D eigenvalue weighted by molar-refractivity contribution is 5.76. The Bertz CT molecular complexity index is 996. The van der Waals surface area contributed by atoms with Crippen molar-refractivity contribution in [2.24, 2.45) is 0 Å². The van der Waals surface area contributed by atoms with E-state index in [1.165, 1.54) is 186 Å². The molecule has 60 heavy (non-hydrogen) atoms. The van der Waals surface area contributed by atoms with Crippen LogP contribution in [0.3, 0.4) is 0 Å². The first-order valence-corrected chi connectivity index (χ1v) is 26.5. The normalized spacial score (nSPS) is 13.3. The Morgan fingerprint density at radius 3 is 1.10 bits per heavy atom. The molecule has 4 heteroatoms. The summed E-state index contributed by atoms with van der Waals surface area (Å²) in [5.74, 6) is -0.0309. The quantitative estimate of drug-likeness (QED) is 0.0422. The van der Waals surface area contributed by atoms with Crippen molar-refractivity contribution in [1.29, 1.82) is 0 Å². The Hall–Kier alpha value is -1.91. The third kappa shape index (κ3) is 47.1. The zero-order valence-corrected chi connectivity index (χ0v) is 40.2. The molecule has 0 saturated carbocycles. The van der Waals surface area contributed by atoms with Crippen LogP contribution in [-0.4, -0.2) is 34.9 Å². The first-order valence-electron chi connectivity index (χ1n) is 26.5. The van der Waals surface area contributed by atoms with E-state index in [-0.39, 0.29) is 12.5 Å². The summed E-state index contributed by atoms with van der Waals surface area (Å²) in [5, 5.41) is 23.1. The van der Waals surface area contributed by atoms with E-state index in [1.54, 1.807) is 0 Å². The maximum atomic E-state index is 12.4. The molecule has 0 aliphatic rings. The SMILES string of the molecule is CC/C=C\C/C=C\C/C=C\C/C=C\C/C=C\CCCCCCCCCCCCCCCCCCCCCCCCCC(=O)NC(CO)C(O)CCCCCCCCCCC. The van der Waals surface area contributed by atoms with Crippen LogP contribution in [0.15, 0.2) is 60.8 Å². The van der Waals surface area contributed by atoms with Crippen molar-refractivity contribution in [2.45, 2.75) is 283 Å². The van der Waals surface area contributed by atoms with Gasteiger partial charge in [0.05, 0.1) is 18.8 Å². The molecule has 0 rings (SSSR count). The van der Waals surface area contributed by atoms with Crippen molar-refractivity contribution in [1.82, 2.24) is 5.32 Å². The molecule has 0 bridgehead atoms. The zero-order valence-electron chi connectivity index (χ0n) is 40.2. The number of aliphatic hydroxyl groups is 2. The largest absolute Gasteiger partial charge is 0.394 e. The topological polar surface area (TPSA) is 69.6 Å². The third-order valence-electron chi connectivity index (χ3n) is 12.0. The molecule has 0 aromatic rings. The summed E-state index contributed by atoms with van der Waals surface area (Å²) >= 11 is 0. The Labute approximate surface area is 375 Å². The molecule has 0 saturated heterocycles. The Kier molecular flexibility index (Phi) is 49.8. The van der Waals surface area contributed by atoms with Crippen molar-refractivity contribution in [3.05, 3.63) is 60.8 Å². The minimum absolute atomic E-state index is 0.0309. The van der Waals surface area contributed by atoms with Gasteiger partial charge in [0.1, 0.15) is 0 Å². The average molecular weight is 838 g/mol. The number of hydrogen-bond donors (Lipinski definition) is 3. The van der Waals surface area contributed by atoms with Gasteiger partial charge in [-0.2, -0.15) is 0 Å². The van der Waals surface area contributed by atoms with Gasteiger partial charge in [-0.3, -0.25) is 4.79 Å². The number of rotatable bonds is 48. The number of hydrogen-bond acceptors (Lipinski definition) is 3. The summed E-state index contributed by atoms with van der Waals surface area (Å²) in [5.41, 5.74) is 0. The molecule has 0 heterocycles. The molecule has 350 valence electrons. The Morgan fingerprint density at radius 1 is 0.417 bits per heavy atom. The number of aliphatic hydroxyl groups excluding tert-OH is 2. The fraction of sp³-hybridized carbons (Fsp3) is 0.804. The molecule has 0 aliphatic heterocycles. The molecule has 0 spiro atoms. The lowest BCUT2D eigenvalue weighted by Crippen LogP contribution is -2.45. The van der Waals surface area contributed by atoms with Crippen molar-refractivity contribution < 1.29 is 15.0 Å². The smallest absolute Gasteiger partial charge is 0.220 e. The van der Waals surface area contributed by atoms with E-state index in [9.17, 15) is 15.0 Å². The first-order chi connectivity index (χ1) is 29.7. The summed E-state index contributed by atoms with van der Waals surface area (Å²) in [6, 6.07) is -0.533. The highest BCUT2D eigenvalue weighted by atomic mass is 16.3. The zero-order chi connectivity index (χ0) is 43.5. The molecule has 3 N–H and O–H groups in total. The molecular weight excluding hydrogens is 735 g/mol. The van der Waals surface area contributed by atoms with Crippen molar-refractivity contribution >= 4 is 5.91 Å². The van der Waals surface area contributed by atoms with Gasteiger partial charge in [-0.05, 0) is 57.8 Å². The van der Waals surface area contributed by atoms with E-state index in [0.717, 1.165) is 57.8 Å². The van der Waals surface area contributed by atoms with Gasteiger partial charge in [0, 0.05) is 6.42 Å². The van der Waals surface area contributed by atoms with Crippen LogP contribution in [-0.2, 0) is 4.79 Å². The fourth-order valence-electron chi connectivity index (χ4n) is 8.04. The second kappa shape index (κ2) is 51.4. The molecule has 4 nitrogen and oxygen atoms in total. The van der Waals surface area contributed by atoms with E-state index in [1.807, 2.05) is 0 Å². The number of nitrogens with one attached hydrogen (secondary N) is 1. The molecule has 1 amide bonds. The van der Waals surface area contributed by atoms with E-state index < -0.39 is 12.1 Å². The van der Waals surface area contributed by atoms with E-state index in [2.05, 4.69) is 79.9 Å². The van der Waals surface area contributed by atoms with Gasteiger partial charge in [-0.1, -0.05) is 267 Å². The van der Waals surface area contributed by atoms with Crippen molar-refractivity contribution in [3.8, 4) is 0 Å². The van der Waals surface area contributed by atoms with Crippen molar-refractivity contribution in [2.75, 3.05) is 6.61 Å². The Morgan fingerprint density at radius 2 is 0.733 bits per heavy atom. The molecule has 0 radical (unpaired) electrons. The minimum Gasteiger partial charge on any atom is -0.394 e. The molecular formula is C56H103NO3. The maximum Gasteiger partial charge on any atom is 0.220 e. The lowest BCUT2D eigenvalue weighted by molar-refractivity contribution is -0.123. The van der Waals surface area contributed by atoms with Gasteiger partial charge in [0.15, 0.2) is 0 Å². The molecule has 2 atom stereocenters. The molecule has 2 unspecified atom stereocenters. The number of allylic oxidation sites excluding steroid dienone is 10. The molecule has 0 aromatic carbocycles. The van der Waals surface area contributed by atoms with E-state index in [0.29, 0.717) is 12.8 Å². The summed E-state index contributed by atoms with van der Waals surface area (Å²) < 4.78 is 0. The number of unbranched alkanes of at least 4 members (excludes halogenated alkanes) is 31. The average Bonchev–Trinajstić information content (AvgIpc) is 3.25. The van der Waals surface area contributed by atoms with Gasteiger partial charge in [-0.25, -0.2) is 0 Å². The predicted octanol–water partition coefficient (Wildman–Crippen LogP) is 17.2. The van der Waals surface area contributed by atoms with Gasteiger partial charge in [-0.15, -0.1) is 0 Å². The fourth-order valence-corrected chi connectivity index (χ4v) is 8.04. The van der Waals surface area contributed by atoms with Crippen molar-refractivity contribution in [3.63, 3.8) is 0 Å². The van der Waals surface area contributed by atoms with E-state index >= 15 is 0 Å². The monoisotopic (exact) mass is 838 g/mol. The van der Waals surface area contributed by atoms with Crippen LogP contribution >= 0.6 is 0 Å². The van der Waals surface area contributed by atoms with Gasteiger partial charge in [0.25, 0.3) is 0 Å². The van der Waals surface area contributed by atoms with E-state index in [4.69, 9.17) is 0 Å². The number of amides is 1. The van der Waals surface area contributed by atoms with Crippen LogP contribution < -0.4 is 5.32 Å². The second-order valence-corrected chi connectivity index (χ2v) is 17.9. The molecule has 0 fully saturated rings. The van der Waals surface area contributed by atoms with Crippen LogP contribution in [0.1, 0.15) is 271 Å². The standard InChI is InChI=1S/C56H103NO3/c1-3-5-7-9-11-13-14-15-16-17-18-19-20-21-22-23-24-25-26-27-28-29-30-31-32-33-34-35-36-37-38-39-40-41-42-44-46-48-50-52-56(60)57-54(53-58)55(59)51-49-47-45-43-12-10-8-6-4-2/h5,7,11,13,15-16,18-19,21-22,54-55,58-59H,3-4,6,8-10,12,14,17,20,23-53H2,1-2H3,(H,57,60)/b7-5-,13-11-,16-15-,19-18-,22-21-. The number of carbonyl (C=O) groups excluding carboxylic acids is 1. The van der Waals surface area contributed by atoms with Crippen LogP contribution in [0.2, 0.25) is 0 Å². The Balaban J connectivity index is 3.37. The van der Waals surface area contributed by atoms with Crippen LogP contribution in [0, 0.1) is 0 Å². The maximum absolute atomic E-state index is 12.4. The van der Waals surface area contributed by atoms with Crippen LogP contribution in [0.4, 0.5) is 0 Å². The van der Waals surface area contributed by atoms with Gasteiger partial charge >= 0.3 is 0 Å². The highest BCUT2D eigenvalue weighted by Gasteiger charge is 2.20. The van der Waals surface area contributed by atoms with Crippen LogP contribution in [0.5, 0.6) is 0 Å². The summed E-state index contributed by atoms with van der Waals surface area (Å²) in [6.07, 6.45) is 72.2. The number of carbonyl (C=O) groups is 1. The highest BCUT2D eigenvalue weighted by Crippen LogP contribution is 2.17. The van der Waals surface area contributed by atoms with Gasteiger partial charge < -0.3 is 15.5 Å². The van der Waals surface area contributed by atoms with Crippen LogP contribution in [0.25, 0.3) is 0 Å². The van der Waals surface area contributed by atoms with Gasteiger partial charge in [0.2, 0.25) is 5.91 Å². The minimum atomic E-state index is -0.656. The predicted molar refractivity (Wildman–Crippen MR) is 267 cm³/mol. The first kappa shape index (κ1) is 58.1. The third-order valence-corrected chi connectivity index (χ3v) is 12.0. The molecule has 0 aliphatic carbocycles. The summed E-state index contributed by atoms with van der Waals surface area (Å²) in [7, 11) is 0. The molecule has 0 aromatic heterocycles.